The summed E-state index contributed by atoms with van der Waals surface area (Å²) in [7, 11) is 0. The minimum absolute atomic E-state index is 0.0479. The molecule has 0 aliphatic carbocycles. The van der Waals surface area contributed by atoms with Crippen molar-refractivity contribution < 1.29 is 18.8 Å². The van der Waals surface area contributed by atoms with Gasteiger partial charge in [0.2, 0.25) is 5.91 Å². The molecule has 0 unspecified atom stereocenters. The van der Waals surface area contributed by atoms with Gasteiger partial charge in [-0.15, -0.1) is 11.3 Å². The molecule has 0 aliphatic rings. The van der Waals surface area contributed by atoms with Gasteiger partial charge in [0.25, 0.3) is 11.8 Å². The van der Waals surface area contributed by atoms with Crippen molar-refractivity contribution in [3.8, 4) is 0 Å². The molecule has 0 atom stereocenters. The zero-order chi connectivity index (χ0) is 21.7. The van der Waals surface area contributed by atoms with Crippen LogP contribution in [0.4, 0.5) is 10.1 Å². The summed E-state index contributed by atoms with van der Waals surface area (Å²) in [5.41, 5.74) is 11.5. The monoisotopic (exact) mass is 447 g/mol. The first-order valence-electron chi connectivity index (χ1n) is 8.73. The number of primary amides is 1. The van der Waals surface area contributed by atoms with Crippen molar-refractivity contribution in [2.45, 2.75) is 13.1 Å². The number of thiophene rings is 1. The Morgan fingerprint density at radius 2 is 1.90 bits per heavy atom. The molecule has 0 fully saturated rings. The minimum Gasteiger partial charge on any atom is -0.395 e. The number of rotatable bonds is 8. The van der Waals surface area contributed by atoms with E-state index in [2.05, 4.69) is 9.69 Å². The average molecular weight is 448 g/mol. The average Bonchev–Trinajstić information content (AvgIpc) is 3.36. The largest absolute Gasteiger partial charge is 0.395 e. The summed E-state index contributed by atoms with van der Waals surface area (Å²) in [5, 5.41) is 4.56. The van der Waals surface area contributed by atoms with Gasteiger partial charge < -0.3 is 21.7 Å². The lowest BCUT2D eigenvalue weighted by molar-refractivity contribution is -0.122. The second-order valence-electron chi connectivity index (χ2n) is 6.28. The number of nitrogens with zero attached hydrogens (tertiary/aromatic N) is 2. The number of nitrogens with one attached hydrogen (secondary N) is 1. The highest BCUT2D eigenvalue weighted by atomic mass is 32.1. The van der Waals surface area contributed by atoms with Crippen LogP contribution in [0.2, 0.25) is 0 Å². The number of aromatic nitrogens is 1. The van der Waals surface area contributed by atoms with Crippen LogP contribution in [0.25, 0.3) is 0 Å². The summed E-state index contributed by atoms with van der Waals surface area (Å²) in [6.07, 6.45) is 0. The lowest BCUT2D eigenvalue weighted by Crippen LogP contribution is -2.40. The molecule has 0 spiro atoms. The molecule has 3 rings (SSSR count). The van der Waals surface area contributed by atoms with Crippen LogP contribution >= 0.6 is 22.9 Å². The van der Waals surface area contributed by atoms with Crippen LogP contribution in [0.15, 0.2) is 41.8 Å². The van der Waals surface area contributed by atoms with Gasteiger partial charge in [-0.1, -0.05) is 18.2 Å². The number of carbonyl (C=O) groups is 3. The lowest BCUT2D eigenvalue weighted by Gasteiger charge is -2.21. The number of halogens is 1. The number of carbonyl (C=O) groups excluding carboxylic acids is 3. The van der Waals surface area contributed by atoms with Gasteiger partial charge in [-0.3, -0.25) is 14.4 Å². The zero-order valence-electron chi connectivity index (χ0n) is 15.6. The minimum atomic E-state index is -0.829. The number of hydrogen-bond acceptors (Lipinski definition) is 7. The van der Waals surface area contributed by atoms with E-state index in [-0.39, 0.29) is 41.7 Å². The highest BCUT2D eigenvalue weighted by molar-refractivity contribution is 7.10. The van der Waals surface area contributed by atoms with E-state index in [1.807, 2.05) is 17.5 Å². The predicted molar refractivity (Wildman–Crippen MR) is 112 cm³/mol. The van der Waals surface area contributed by atoms with E-state index in [4.69, 9.17) is 11.5 Å². The van der Waals surface area contributed by atoms with Crippen LogP contribution in [-0.4, -0.2) is 33.5 Å². The molecule has 156 valence electrons. The smallest absolute Gasteiger partial charge is 0.270 e. The second-order valence-corrected chi connectivity index (χ2v) is 8.09. The zero-order valence-corrected chi connectivity index (χ0v) is 17.3. The van der Waals surface area contributed by atoms with Crippen LogP contribution in [0.3, 0.4) is 0 Å². The molecular formula is C19H18FN5O3S2. The van der Waals surface area contributed by atoms with E-state index in [9.17, 15) is 18.8 Å². The molecule has 1 aromatic carbocycles. The Morgan fingerprint density at radius 1 is 1.17 bits per heavy atom. The van der Waals surface area contributed by atoms with Crippen molar-refractivity contribution in [1.82, 2.24) is 14.6 Å². The van der Waals surface area contributed by atoms with Gasteiger partial charge >= 0.3 is 0 Å². The van der Waals surface area contributed by atoms with E-state index >= 15 is 0 Å². The molecule has 0 bridgehead atoms. The third kappa shape index (κ3) is 5.19. The van der Waals surface area contributed by atoms with Crippen LogP contribution in [-0.2, 0) is 17.9 Å². The number of nitrogens with two attached hydrogens (primary N) is 2. The fraction of sp³-hybridized carbons (Fsp3) is 0.158. The van der Waals surface area contributed by atoms with E-state index in [0.717, 1.165) is 22.0 Å². The molecule has 2 heterocycles. The van der Waals surface area contributed by atoms with Gasteiger partial charge in [-0.25, -0.2) is 4.39 Å². The first-order valence-corrected chi connectivity index (χ1v) is 10.4. The lowest BCUT2D eigenvalue weighted by atomic mass is 10.2. The predicted octanol–water partition coefficient (Wildman–Crippen LogP) is 1.98. The maximum absolute atomic E-state index is 13.0. The summed E-state index contributed by atoms with van der Waals surface area (Å²) in [4.78, 5) is 39.1. The molecule has 3 aromatic rings. The maximum Gasteiger partial charge on any atom is 0.270 e. The van der Waals surface area contributed by atoms with E-state index < -0.39 is 17.7 Å². The Kier molecular flexibility index (Phi) is 6.75. The van der Waals surface area contributed by atoms with Crippen LogP contribution in [0.5, 0.6) is 0 Å². The maximum atomic E-state index is 13.0. The van der Waals surface area contributed by atoms with Gasteiger partial charge in [0.05, 0.1) is 12.2 Å². The third-order valence-corrected chi connectivity index (χ3v) is 5.82. The molecule has 11 heteroatoms. The third-order valence-electron chi connectivity index (χ3n) is 4.11. The number of amides is 3. The molecular weight excluding hydrogens is 429 g/mol. The summed E-state index contributed by atoms with van der Waals surface area (Å²) in [6, 6.07) is 9.41. The highest BCUT2D eigenvalue weighted by Crippen LogP contribution is 2.24. The quantitative estimate of drug-likeness (QED) is 0.486. The molecule has 8 nitrogen and oxygen atoms in total. The second kappa shape index (κ2) is 9.46. The first kappa shape index (κ1) is 21.4. The molecule has 5 N–H and O–H groups in total. The Hall–Kier alpha value is -3.31. The Bertz CT molecular complexity index is 1050. The van der Waals surface area contributed by atoms with Crippen molar-refractivity contribution in [2.75, 3.05) is 12.3 Å². The normalized spacial score (nSPS) is 10.6. The van der Waals surface area contributed by atoms with Crippen molar-refractivity contribution >= 4 is 46.3 Å². The first-order chi connectivity index (χ1) is 14.3. The standard InChI is InChI=1S/C19H18FN5O3S2/c20-12-5-3-11(4-6-12)8-23-14(26)10-25(9-13-2-1-7-29-13)19(28)17-15(21)16(18(22)27)24-30-17/h1-7H,8-10,21H2,(H2,22,27)(H,23,26). The summed E-state index contributed by atoms with van der Waals surface area (Å²) in [5.74, 6) is -2.12. The molecule has 2 aromatic heterocycles. The highest BCUT2D eigenvalue weighted by Gasteiger charge is 2.26. The Morgan fingerprint density at radius 3 is 2.50 bits per heavy atom. The molecule has 0 aliphatic heterocycles. The van der Waals surface area contributed by atoms with Gasteiger partial charge in [0, 0.05) is 11.4 Å². The van der Waals surface area contributed by atoms with Crippen molar-refractivity contribution in [2.24, 2.45) is 5.73 Å². The van der Waals surface area contributed by atoms with Crippen molar-refractivity contribution in [1.29, 1.82) is 0 Å². The molecule has 0 saturated carbocycles. The fourth-order valence-corrected chi connectivity index (χ4v) is 4.09. The number of hydrogen-bond donors (Lipinski definition) is 3. The Labute approximate surface area is 179 Å². The van der Waals surface area contributed by atoms with Crippen LogP contribution in [0, 0.1) is 5.82 Å². The van der Waals surface area contributed by atoms with Crippen molar-refractivity contribution in [3.05, 3.63) is 68.6 Å². The van der Waals surface area contributed by atoms with Gasteiger partial charge in [-0.05, 0) is 40.7 Å². The van der Waals surface area contributed by atoms with E-state index in [0.29, 0.717) is 0 Å². The SMILES string of the molecule is NC(=O)c1nsc(C(=O)N(CC(=O)NCc2ccc(F)cc2)Cc2cccs2)c1N. The number of benzene rings is 1. The van der Waals surface area contributed by atoms with Gasteiger partial charge in [0.1, 0.15) is 17.2 Å². The van der Waals surface area contributed by atoms with Crippen molar-refractivity contribution in [3.63, 3.8) is 0 Å². The molecule has 30 heavy (non-hydrogen) atoms. The summed E-state index contributed by atoms with van der Waals surface area (Å²) < 4.78 is 16.8. The topological polar surface area (TPSA) is 131 Å². The van der Waals surface area contributed by atoms with Crippen LogP contribution in [0.1, 0.15) is 30.6 Å². The summed E-state index contributed by atoms with van der Waals surface area (Å²) in [6.45, 7) is 0.138. The Balaban J connectivity index is 1.73. The molecule has 0 saturated heterocycles. The summed E-state index contributed by atoms with van der Waals surface area (Å²) >= 11 is 2.20. The van der Waals surface area contributed by atoms with Gasteiger partial charge in [0.15, 0.2) is 5.69 Å². The fourth-order valence-electron chi connectivity index (χ4n) is 2.60. The molecule has 3 amide bonds. The van der Waals surface area contributed by atoms with E-state index in [1.54, 1.807) is 12.1 Å². The van der Waals surface area contributed by atoms with Crippen LogP contribution < -0.4 is 16.8 Å². The van der Waals surface area contributed by atoms with Gasteiger partial charge in [-0.2, -0.15) is 4.37 Å². The number of nitrogen functional groups attached to an aromatic ring is 1. The molecule has 0 radical (unpaired) electrons. The number of anilines is 1. The van der Waals surface area contributed by atoms with E-state index in [1.165, 1.54) is 28.4 Å².